The number of imidazole rings is 1. The highest BCUT2D eigenvalue weighted by molar-refractivity contribution is 7.98. The van der Waals surface area contributed by atoms with E-state index in [0.29, 0.717) is 12.4 Å². The number of carbonyl (C=O) groups excluding carboxylic acids is 1. The van der Waals surface area contributed by atoms with Gasteiger partial charge < -0.3 is 15.0 Å². The van der Waals surface area contributed by atoms with E-state index in [-0.39, 0.29) is 5.69 Å². The molecule has 0 saturated heterocycles. The highest BCUT2D eigenvalue weighted by atomic mass is 32.2. The summed E-state index contributed by atoms with van der Waals surface area (Å²) in [6.45, 7) is 2.88. The Bertz CT molecular complexity index is 366. The van der Waals surface area contributed by atoms with E-state index in [1.807, 2.05) is 11.8 Å². The number of anilines is 1. The van der Waals surface area contributed by atoms with Crippen molar-refractivity contribution in [2.24, 2.45) is 0 Å². The number of hydrogen-bond donors (Lipinski definition) is 1. The minimum absolute atomic E-state index is 0.219. The predicted molar refractivity (Wildman–Crippen MR) is 70.2 cm³/mol. The van der Waals surface area contributed by atoms with Crippen LogP contribution in [0, 0.1) is 0 Å². The molecular weight excluding hydrogens is 238 g/mol. The Hall–Kier alpha value is -1.17. The van der Waals surface area contributed by atoms with Crippen LogP contribution in [0.15, 0.2) is 6.33 Å². The van der Waals surface area contributed by atoms with Gasteiger partial charge in [-0.05, 0) is 31.8 Å². The number of nitrogen functional groups attached to an aromatic ring is 1. The first-order valence-electron chi connectivity index (χ1n) is 5.67. The molecule has 1 heterocycles. The molecule has 0 aliphatic carbocycles. The van der Waals surface area contributed by atoms with Gasteiger partial charge in [-0.1, -0.05) is 0 Å². The Kier molecular flexibility index (Phi) is 5.90. The number of hydrogen-bond acceptors (Lipinski definition) is 5. The zero-order valence-electron chi connectivity index (χ0n) is 10.3. The average Bonchev–Trinajstić information content (AvgIpc) is 2.67. The summed E-state index contributed by atoms with van der Waals surface area (Å²) in [5, 5.41) is 0. The molecule has 17 heavy (non-hydrogen) atoms. The lowest BCUT2D eigenvalue weighted by atomic mass is 10.3. The van der Waals surface area contributed by atoms with Gasteiger partial charge in [-0.2, -0.15) is 11.8 Å². The van der Waals surface area contributed by atoms with Crippen molar-refractivity contribution in [2.75, 3.05) is 24.3 Å². The van der Waals surface area contributed by atoms with Crippen LogP contribution in [0.5, 0.6) is 0 Å². The van der Waals surface area contributed by atoms with Crippen LogP contribution in [0.1, 0.15) is 30.3 Å². The molecule has 1 rings (SSSR count). The Morgan fingerprint density at radius 1 is 1.59 bits per heavy atom. The minimum atomic E-state index is -0.451. The Morgan fingerprint density at radius 2 is 2.35 bits per heavy atom. The molecule has 96 valence electrons. The van der Waals surface area contributed by atoms with E-state index in [1.165, 1.54) is 0 Å². The first-order valence-corrected chi connectivity index (χ1v) is 7.06. The molecular formula is C11H19N3O2S. The molecule has 0 radical (unpaired) electrons. The number of thioether (sulfide) groups is 1. The average molecular weight is 257 g/mol. The van der Waals surface area contributed by atoms with E-state index in [1.54, 1.807) is 17.8 Å². The number of aromatic nitrogens is 2. The monoisotopic (exact) mass is 257 g/mol. The van der Waals surface area contributed by atoms with Gasteiger partial charge in [0.05, 0.1) is 12.9 Å². The van der Waals surface area contributed by atoms with Crippen molar-refractivity contribution in [3.63, 3.8) is 0 Å². The third kappa shape index (κ3) is 3.96. The molecule has 1 aromatic heterocycles. The normalized spacial score (nSPS) is 10.5. The van der Waals surface area contributed by atoms with Gasteiger partial charge in [-0.25, -0.2) is 9.78 Å². The second kappa shape index (κ2) is 7.21. The quantitative estimate of drug-likeness (QED) is 0.595. The van der Waals surface area contributed by atoms with Gasteiger partial charge in [0.1, 0.15) is 5.82 Å². The number of nitrogens with two attached hydrogens (primary N) is 1. The van der Waals surface area contributed by atoms with Gasteiger partial charge in [-0.15, -0.1) is 0 Å². The molecule has 0 bridgehead atoms. The van der Waals surface area contributed by atoms with Gasteiger partial charge in [0, 0.05) is 6.54 Å². The summed E-state index contributed by atoms with van der Waals surface area (Å²) in [5.41, 5.74) is 6.06. The third-order valence-electron chi connectivity index (χ3n) is 2.34. The van der Waals surface area contributed by atoms with E-state index >= 15 is 0 Å². The Labute approximate surface area is 106 Å². The first kappa shape index (κ1) is 13.9. The van der Waals surface area contributed by atoms with Crippen LogP contribution < -0.4 is 5.73 Å². The first-order chi connectivity index (χ1) is 8.20. The lowest BCUT2D eigenvalue weighted by Gasteiger charge is -2.05. The van der Waals surface area contributed by atoms with Gasteiger partial charge >= 0.3 is 5.97 Å². The molecule has 0 unspecified atom stereocenters. The zero-order valence-corrected chi connectivity index (χ0v) is 11.1. The molecule has 0 fully saturated rings. The SMILES string of the molecule is CCOC(=O)c1ncn(CCCCSC)c1N. The molecule has 5 nitrogen and oxygen atoms in total. The molecule has 0 amide bonds. The fourth-order valence-corrected chi connectivity index (χ4v) is 1.95. The van der Waals surface area contributed by atoms with Crippen molar-refractivity contribution < 1.29 is 9.53 Å². The lowest BCUT2D eigenvalue weighted by molar-refractivity contribution is 0.0521. The van der Waals surface area contributed by atoms with Crippen LogP contribution in [-0.4, -0.2) is 34.1 Å². The summed E-state index contributed by atoms with van der Waals surface area (Å²) in [5.74, 6) is 1.08. The van der Waals surface area contributed by atoms with Crippen molar-refractivity contribution in [3.8, 4) is 0 Å². The van der Waals surface area contributed by atoms with Crippen LogP contribution in [0.4, 0.5) is 5.82 Å². The fraction of sp³-hybridized carbons (Fsp3) is 0.636. The van der Waals surface area contributed by atoms with E-state index < -0.39 is 5.97 Å². The molecule has 0 atom stereocenters. The maximum atomic E-state index is 11.5. The number of carbonyl (C=O) groups is 1. The molecule has 0 aliphatic rings. The summed E-state index contributed by atoms with van der Waals surface area (Å²) >= 11 is 1.83. The predicted octanol–water partition coefficient (Wildman–Crippen LogP) is 1.79. The van der Waals surface area contributed by atoms with Crippen molar-refractivity contribution in [1.29, 1.82) is 0 Å². The van der Waals surface area contributed by atoms with E-state index in [2.05, 4.69) is 11.2 Å². The lowest BCUT2D eigenvalue weighted by Crippen LogP contribution is -2.10. The molecule has 1 aromatic rings. The topological polar surface area (TPSA) is 70.1 Å². The number of nitrogens with zero attached hydrogens (tertiary/aromatic N) is 2. The zero-order chi connectivity index (χ0) is 12.7. The van der Waals surface area contributed by atoms with Crippen LogP contribution in [0.2, 0.25) is 0 Å². The smallest absolute Gasteiger partial charge is 0.360 e. The van der Waals surface area contributed by atoms with Crippen LogP contribution in [0.3, 0.4) is 0 Å². The summed E-state index contributed by atoms with van der Waals surface area (Å²) < 4.78 is 6.67. The molecule has 6 heteroatoms. The van der Waals surface area contributed by atoms with Gasteiger partial charge in [0.15, 0.2) is 5.69 Å². The molecule has 0 saturated carbocycles. The Morgan fingerprint density at radius 3 is 3.00 bits per heavy atom. The standard InChI is InChI=1S/C11H19N3O2S/c1-3-16-11(15)9-10(12)14(8-13-9)6-4-5-7-17-2/h8H,3-7,12H2,1-2H3. The summed E-state index contributed by atoms with van der Waals surface area (Å²) in [4.78, 5) is 15.5. The highest BCUT2D eigenvalue weighted by Crippen LogP contribution is 2.13. The number of esters is 1. The summed E-state index contributed by atoms with van der Waals surface area (Å²) in [6, 6.07) is 0. The molecule has 2 N–H and O–H groups in total. The summed E-state index contributed by atoms with van der Waals surface area (Å²) in [7, 11) is 0. The minimum Gasteiger partial charge on any atom is -0.461 e. The van der Waals surface area contributed by atoms with Gasteiger partial charge in [0.25, 0.3) is 0 Å². The molecule has 0 spiro atoms. The van der Waals surface area contributed by atoms with E-state index in [9.17, 15) is 4.79 Å². The second-order valence-corrected chi connectivity index (χ2v) is 4.58. The van der Waals surface area contributed by atoms with E-state index in [4.69, 9.17) is 10.5 Å². The summed E-state index contributed by atoms with van der Waals surface area (Å²) in [6.07, 6.45) is 5.85. The van der Waals surface area contributed by atoms with Crippen LogP contribution in [0.25, 0.3) is 0 Å². The maximum absolute atomic E-state index is 11.5. The van der Waals surface area contributed by atoms with E-state index in [0.717, 1.165) is 25.1 Å². The number of unbranched alkanes of at least 4 members (excludes halogenated alkanes) is 1. The molecule has 0 aliphatic heterocycles. The van der Waals surface area contributed by atoms with Gasteiger partial charge in [-0.3, -0.25) is 0 Å². The fourth-order valence-electron chi connectivity index (χ4n) is 1.46. The number of aryl methyl sites for hydroxylation is 1. The second-order valence-electron chi connectivity index (χ2n) is 3.59. The van der Waals surface area contributed by atoms with Crippen molar-refractivity contribution in [3.05, 3.63) is 12.0 Å². The van der Waals surface area contributed by atoms with Crippen molar-refractivity contribution in [2.45, 2.75) is 26.3 Å². The Balaban J connectivity index is 2.54. The van der Waals surface area contributed by atoms with Crippen LogP contribution >= 0.6 is 11.8 Å². The largest absolute Gasteiger partial charge is 0.461 e. The maximum Gasteiger partial charge on any atom is 0.360 e. The molecule has 0 aromatic carbocycles. The van der Waals surface area contributed by atoms with Crippen molar-refractivity contribution in [1.82, 2.24) is 9.55 Å². The number of ether oxygens (including phenoxy) is 1. The highest BCUT2D eigenvalue weighted by Gasteiger charge is 2.16. The van der Waals surface area contributed by atoms with Crippen LogP contribution in [-0.2, 0) is 11.3 Å². The third-order valence-corrected chi connectivity index (χ3v) is 3.04. The van der Waals surface area contributed by atoms with Gasteiger partial charge in [0.2, 0.25) is 0 Å². The number of rotatable bonds is 7. The van der Waals surface area contributed by atoms with Crippen molar-refractivity contribution >= 4 is 23.5 Å².